The molecule has 1 aromatic carbocycles. The summed E-state index contributed by atoms with van der Waals surface area (Å²) in [4.78, 5) is 0. The fourth-order valence-corrected chi connectivity index (χ4v) is 2.96. The second-order valence-corrected chi connectivity index (χ2v) is 4.79. The first-order chi connectivity index (χ1) is 7.29. The molecule has 2 aromatic rings. The van der Waals surface area contributed by atoms with Crippen molar-refractivity contribution in [1.29, 1.82) is 0 Å². The molecule has 1 heteroatoms. The highest BCUT2D eigenvalue weighted by Crippen LogP contribution is 2.35. The van der Waals surface area contributed by atoms with Crippen LogP contribution >= 0.6 is 0 Å². The fraction of sp³-hybridized carbons (Fsp3) is 0.429. The number of hydrogen-bond acceptors (Lipinski definition) is 0. The van der Waals surface area contributed by atoms with E-state index in [1.54, 1.807) is 11.3 Å². The summed E-state index contributed by atoms with van der Waals surface area (Å²) in [5.74, 6) is 0.643. The van der Waals surface area contributed by atoms with Crippen LogP contribution < -0.4 is 0 Å². The molecule has 1 nitrogen and oxygen atoms in total. The Hall–Kier alpha value is -1.24. The lowest BCUT2D eigenvalue weighted by Gasteiger charge is -2.05. The van der Waals surface area contributed by atoms with E-state index < -0.39 is 0 Å². The largest absolute Gasteiger partial charge is 0.344 e. The first-order valence-electron chi connectivity index (χ1n) is 5.89. The molecule has 0 spiro atoms. The third-order valence-electron chi connectivity index (χ3n) is 3.49. The summed E-state index contributed by atoms with van der Waals surface area (Å²) in [6.45, 7) is 5.82. The van der Waals surface area contributed by atoms with Crippen molar-refractivity contribution < 1.29 is 0 Å². The standard InChI is InChI=1S/C14H17N/c1-10(2)14-11-6-3-4-7-12(11)15-9-5-8-13(14)15/h3-4,6-7,10H,5,8-9H2,1-2H3. The van der Waals surface area contributed by atoms with Crippen molar-refractivity contribution in [2.24, 2.45) is 0 Å². The van der Waals surface area contributed by atoms with Gasteiger partial charge >= 0.3 is 0 Å². The predicted octanol–water partition coefficient (Wildman–Crippen LogP) is 3.71. The Morgan fingerprint density at radius 1 is 1.20 bits per heavy atom. The summed E-state index contributed by atoms with van der Waals surface area (Å²) >= 11 is 0. The Kier molecular flexibility index (Phi) is 1.88. The SMILES string of the molecule is CC(C)c1c2n(c3ccccc13)CCC2. The number of nitrogens with zero attached hydrogens (tertiary/aromatic N) is 1. The van der Waals surface area contributed by atoms with Crippen LogP contribution in [0.25, 0.3) is 10.9 Å². The monoisotopic (exact) mass is 199 g/mol. The number of benzene rings is 1. The normalized spacial score (nSPS) is 15.1. The second-order valence-electron chi connectivity index (χ2n) is 4.79. The van der Waals surface area contributed by atoms with E-state index in [1.165, 1.54) is 30.3 Å². The van der Waals surface area contributed by atoms with Crippen molar-refractivity contribution in [3.8, 4) is 0 Å². The Balaban J connectivity index is 2.41. The van der Waals surface area contributed by atoms with E-state index >= 15 is 0 Å². The van der Waals surface area contributed by atoms with E-state index in [1.807, 2.05) is 0 Å². The second kappa shape index (κ2) is 3.13. The van der Waals surface area contributed by atoms with Gasteiger partial charge in [-0.2, -0.15) is 0 Å². The smallest absolute Gasteiger partial charge is 0.0485 e. The highest BCUT2D eigenvalue weighted by molar-refractivity contribution is 5.86. The Labute approximate surface area is 90.7 Å². The highest BCUT2D eigenvalue weighted by atomic mass is 15.0. The molecule has 3 rings (SSSR count). The quantitative estimate of drug-likeness (QED) is 0.659. The van der Waals surface area contributed by atoms with Crippen molar-refractivity contribution in [3.05, 3.63) is 35.5 Å². The molecular weight excluding hydrogens is 182 g/mol. The van der Waals surface area contributed by atoms with Crippen LogP contribution in [0.15, 0.2) is 24.3 Å². The van der Waals surface area contributed by atoms with Crippen LogP contribution in [0.4, 0.5) is 0 Å². The molecule has 0 unspecified atom stereocenters. The molecule has 0 atom stereocenters. The fourth-order valence-electron chi connectivity index (χ4n) is 2.96. The average Bonchev–Trinajstić information content (AvgIpc) is 2.75. The van der Waals surface area contributed by atoms with Crippen LogP contribution in [0.2, 0.25) is 0 Å². The molecule has 0 saturated heterocycles. The van der Waals surface area contributed by atoms with Gasteiger partial charge in [0.1, 0.15) is 0 Å². The van der Waals surface area contributed by atoms with Gasteiger partial charge in [0.2, 0.25) is 0 Å². The molecule has 1 aliphatic heterocycles. The van der Waals surface area contributed by atoms with Gasteiger partial charge in [0, 0.05) is 23.1 Å². The molecule has 0 radical (unpaired) electrons. The van der Waals surface area contributed by atoms with Crippen LogP contribution in [0.1, 0.15) is 37.4 Å². The number of para-hydroxylation sites is 1. The van der Waals surface area contributed by atoms with Crippen LogP contribution in [0, 0.1) is 0 Å². The summed E-state index contributed by atoms with van der Waals surface area (Å²) < 4.78 is 2.52. The molecule has 1 aliphatic rings. The van der Waals surface area contributed by atoms with Crippen molar-refractivity contribution in [1.82, 2.24) is 4.57 Å². The predicted molar refractivity (Wildman–Crippen MR) is 64.3 cm³/mol. The summed E-state index contributed by atoms with van der Waals surface area (Å²) in [5, 5.41) is 1.47. The summed E-state index contributed by atoms with van der Waals surface area (Å²) in [6, 6.07) is 8.84. The van der Waals surface area contributed by atoms with Crippen molar-refractivity contribution in [3.63, 3.8) is 0 Å². The average molecular weight is 199 g/mol. The Bertz CT molecular complexity index is 505. The number of aryl methyl sites for hydroxylation is 1. The lowest BCUT2D eigenvalue weighted by Crippen LogP contribution is -1.93. The van der Waals surface area contributed by atoms with Crippen LogP contribution in [0.3, 0.4) is 0 Å². The molecule has 2 heterocycles. The molecule has 15 heavy (non-hydrogen) atoms. The minimum atomic E-state index is 0.643. The van der Waals surface area contributed by atoms with E-state index in [9.17, 15) is 0 Å². The van der Waals surface area contributed by atoms with E-state index in [-0.39, 0.29) is 0 Å². The van der Waals surface area contributed by atoms with Gasteiger partial charge < -0.3 is 4.57 Å². The van der Waals surface area contributed by atoms with Crippen molar-refractivity contribution >= 4 is 10.9 Å². The zero-order chi connectivity index (χ0) is 10.4. The van der Waals surface area contributed by atoms with Gasteiger partial charge in [0.15, 0.2) is 0 Å². The third kappa shape index (κ3) is 1.16. The zero-order valence-electron chi connectivity index (χ0n) is 9.46. The first kappa shape index (κ1) is 9.02. The Morgan fingerprint density at radius 2 is 2.00 bits per heavy atom. The van der Waals surface area contributed by atoms with Gasteiger partial charge in [0.05, 0.1) is 0 Å². The lowest BCUT2D eigenvalue weighted by atomic mass is 9.98. The van der Waals surface area contributed by atoms with E-state index in [4.69, 9.17) is 0 Å². The van der Waals surface area contributed by atoms with Crippen molar-refractivity contribution in [2.45, 2.75) is 39.2 Å². The van der Waals surface area contributed by atoms with E-state index in [0.29, 0.717) is 5.92 Å². The molecule has 78 valence electrons. The molecule has 0 N–H and O–H groups in total. The van der Waals surface area contributed by atoms with Crippen LogP contribution in [-0.4, -0.2) is 4.57 Å². The topological polar surface area (TPSA) is 4.93 Å². The molecule has 0 fully saturated rings. The van der Waals surface area contributed by atoms with Crippen LogP contribution in [-0.2, 0) is 13.0 Å². The minimum Gasteiger partial charge on any atom is -0.344 e. The third-order valence-corrected chi connectivity index (χ3v) is 3.49. The van der Waals surface area contributed by atoms with Gasteiger partial charge in [-0.3, -0.25) is 0 Å². The van der Waals surface area contributed by atoms with Crippen LogP contribution in [0.5, 0.6) is 0 Å². The lowest BCUT2D eigenvalue weighted by molar-refractivity contribution is 0.771. The molecule has 0 aliphatic carbocycles. The summed E-state index contributed by atoms with van der Waals surface area (Å²) in [7, 11) is 0. The molecular formula is C14H17N. The molecule has 0 saturated carbocycles. The maximum absolute atomic E-state index is 2.52. The number of hydrogen-bond donors (Lipinski definition) is 0. The van der Waals surface area contributed by atoms with Gasteiger partial charge in [-0.05, 0) is 30.4 Å². The summed E-state index contributed by atoms with van der Waals surface area (Å²) in [6.07, 6.45) is 2.59. The maximum Gasteiger partial charge on any atom is 0.0485 e. The highest BCUT2D eigenvalue weighted by Gasteiger charge is 2.21. The van der Waals surface area contributed by atoms with E-state index in [2.05, 4.69) is 42.7 Å². The zero-order valence-corrected chi connectivity index (χ0v) is 9.46. The van der Waals surface area contributed by atoms with Gasteiger partial charge in [-0.1, -0.05) is 32.0 Å². The number of rotatable bonds is 1. The van der Waals surface area contributed by atoms with Crippen molar-refractivity contribution in [2.75, 3.05) is 0 Å². The van der Waals surface area contributed by atoms with Gasteiger partial charge in [0.25, 0.3) is 0 Å². The number of aromatic nitrogens is 1. The molecule has 1 aromatic heterocycles. The maximum atomic E-state index is 2.52. The first-order valence-corrected chi connectivity index (χ1v) is 5.89. The van der Waals surface area contributed by atoms with Gasteiger partial charge in [-0.15, -0.1) is 0 Å². The molecule has 0 amide bonds. The Morgan fingerprint density at radius 3 is 2.80 bits per heavy atom. The minimum absolute atomic E-state index is 0.643. The van der Waals surface area contributed by atoms with E-state index in [0.717, 1.165) is 0 Å². The number of fused-ring (bicyclic) bond motifs is 3. The summed E-state index contributed by atoms with van der Waals surface area (Å²) in [5.41, 5.74) is 4.61. The van der Waals surface area contributed by atoms with Gasteiger partial charge in [-0.25, -0.2) is 0 Å². The molecule has 0 bridgehead atoms.